The minimum absolute atomic E-state index is 0. The number of rotatable bonds is 3. The van der Waals surface area contributed by atoms with Gasteiger partial charge in [-0.15, -0.1) is 0 Å². The van der Waals surface area contributed by atoms with Crippen LogP contribution < -0.4 is 0 Å². The molecule has 0 saturated carbocycles. The molecule has 0 fully saturated rings. The zero-order valence-electron chi connectivity index (χ0n) is 9.90. The van der Waals surface area contributed by atoms with E-state index in [2.05, 4.69) is 30.4 Å². The second kappa shape index (κ2) is 11.9. The van der Waals surface area contributed by atoms with Crippen LogP contribution in [0.5, 0.6) is 0 Å². The van der Waals surface area contributed by atoms with Gasteiger partial charge in [0.15, 0.2) is 0 Å². The van der Waals surface area contributed by atoms with Crippen LogP contribution in [0.4, 0.5) is 0 Å². The second-order valence-electron chi connectivity index (χ2n) is 2.98. The van der Waals surface area contributed by atoms with Crippen LogP contribution in [-0.2, 0) is 9.53 Å². The molecule has 0 atom stereocenters. The molecule has 0 spiro atoms. The number of benzene rings is 1. The summed E-state index contributed by atoms with van der Waals surface area (Å²) in [6, 6.07) is 10.3. The Morgan fingerprint density at radius 2 is 1.94 bits per heavy atom. The average molecular weight is 240 g/mol. The molecule has 0 N–H and O–H groups in total. The Morgan fingerprint density at radius 1 is 1.38 bits per heavy atom. The minimum atomic E-state index is -0.176. The first-order valence-corrected chi connectivity index (χ1v) is 4.98. The molecule has 90 valence electrons. The molecule has 1 aromatic rings. The molecule has 0 bridgehead atoms. The maximum atomic E-state index is 10.3. The van der Waals surface area contributed by atoms with Crippen molar-refractivity contribution in [1.82, 2.24) is 0 Å². The monoisotopic (exact) mass is 240 g/mol. The van der Waals surface area contributed by atoms with Gasteiger partial charge in [0, 0.05) is 6.42 Å². The Labute approximate surface area is 105 Å². The summed E-state index contributed by atoms with van der Waals surface area (Å²) in [6.45, 7) is 7.55. The zero-order chi connectivity index (χ0) is 11.5. The molecule has 16 heavy (non-hydrogen) atoms. The van der Waals surface area contributed by atoms with Crippen LogP contribution in [0, 0.1) is 6.92 Å². The van der Waals surface area contributed by atoms with E-state index in [0.29, 0.717) is 13.0 Å². The quantitative estimate of drug-likeness (QED) is 0.599. The van der Waals surface area contributed by atoms with Gasteiger partial charge in [0.05, 0.1) is 0 Å². The van der Waals surface area contributed by atoms with Gasteiger partial charge in [-0.05, 0) is 6.92 Å². The molecule has 1 aromatic carbocycles. The van der Waals surface area contributed by atoms with Gasteiger partial charge in [-0.1, -0.05) is 55.5 Å². The number of aryl methyl sites for hydroxylation is 1. The number of hydrogen-bond donors (Lipinski definition) is 0. The van der Waals surface area contributed by atoms with E-state index in [1.54, 1.807) is 13.0 Å². The van der Waals surface area contributed by atoms with Gasteiger partial charge in [-0.3, -0.25) is 4.79 Å². The van der Waals surface area contributed by atoms with Crippen LogP contribution in [-0.4, -0.2) is 12.6 Å². The largest absolute Gasteiger partial charge is 0.461 e. The summed E-state index contributed by atoms with van der Waals surface area (Å²) < 4.78 is 4.58. The molecular formula is C13H20O2S. The topological polar surface area (TPSA) is 26.3 Å². The maximum Gasteiger partial charge on any atom is 0.305 e. The van der Waals surface area contributed by atoms with Crippen molar-refractivity contribution in [3.05, 3.63) is 48.6 Å². The van der Waals surface area contributed by atoms with E-state index in [-0.39, 0.29) is 19.5 Å². The molecule has 0 heterocycles. The molecule has 0 saturated heterocycles. The summed E-state index contributed by atoms with van der Waals surface area (Å²) in [5.74, 6) is -0.176. The van der Waals surface area contributed by atoms with Crippen LogP contribution in [0.25, 0.3) is 0 Å². The number of ether oxygens (including phenoxy) is 1. The molecular weight excluding hydrogens is 220 g/mol. The van der Waals surface area contributed by atoms with Crippen LogP contribution >= 0.6 is 13.5 Å². The fourth-order valence-corrected chi connectivity index (χ4v) is 0.788. The van der Waals surface area contributed by atoms with Crippen molar-refractivity contribution >= 4 is 19.5 Å². The predicted octanol–water partition coefficient (Wildman–Crippen LogP) is 3.23. The van der Waals surface area contributed by atoms with E-state index in [9.17, 15) is 4.79 Å². The average Bonchev–Trinajstić information content (AvgIpc) is 2.28. The lowest BCUT2D eigenvalue weighted by molar-refractivity contribution is -0.141. The van der Waals surface area contributed by atoms with Gasteiger partial charge >= 0.3 is 5.97 Å². The Bertz CT molecular complexity index is 283. The Morgan fingerprint density at radius 3 is 2.25 bits per heavy atom. The van der Waals surface area contributed by atoms with Crippen molar-refractivity contribution in [3.63, 3.8) is 0 Å². The third kappa shape index (κ3) is 10.9. The van der Waals surface area contributed by atoms with E-state index in [1.807, 2.05) is 18.2 Å². The first kappa shape index (κ1) is 17.2. The highest BCUT2D eigenvalue weighted by atomic mass is 32.1. The smallest absolute Gasteiger partial charge is 0.305 e. The lowest BCUT2D eigenvalue weighted by Gasteiger charge is -1.94. The second-order valence-corrected chi connectivity index (χ2v) is 2.98. The summed E-state index contributed by atoms with van der Waals surface area (Å²) in [5.41, 5.74) is 1.32. The van der Waals surface area contributed by atoms with Crippen LogP contribution in [0.3, 0.4) is 0 Å². The standard InChI is InChI=1S/C7H8.C6H10O2.H2S/c1-7-5-3-2-4-6-7;1-3-5-8-6(7)4-2;/h2-6H,1H3;3H,1,4-5H2,2H3;1H2. The lowest BCUT2D eigenvalue weighted by atomic mass is 10.2. The van der Waals surface area contributed by atoms with Gasteiger partial charge in [0.25, 0.3) is 0 Å². The summed E-state index contributed by atoms with van der Waals surface area (Å²) in [4.78, 5) is 10.3. The first-order valence-electron chi connectivity index (χ1n) is 4.98. The highest BCUT2D eigenvalue weighted by Crippen LogP contribution is 1.92. The summed E-state index contributed by atoms with van der Waals surface area (Å²) in [6.07, 6.45) is 1.99. The minimum Gasteiger partial charge on any atom is -0.461 e. The summed E-state index contributed by atoms with van der Waals surface area (Å²) >= 11 is 0. The Hall–Kier alpha value is -1.22. The van der Waals surface area contributed by atoms with Gasteiger partial charge in [0.2, 0.25) is 0 Å². The zero-order valence-corrected chi connectivity index (χ0v) is 10.9. The molecule has 0 aliphatic heterocycles. The highest BCUT2D eigenvalue weighted by Gasteiger charge is 1.92. The normalized spacial score (nSPS) is 7.88. The van der Waals surface area contributed by atoms with E-state index in [4.69, 9.17) is 0 Å². The van der Waals surface area contributed by atoms with Crippen molar-refractivity contribution in [2.45, 2.75) is 20.3 Å². The highest BCUT2D eigenvalue weighted by molar-refractivity contribution is 7.59. The summed E-state index contributed by atoms with van der Waals surface area (Å²) in [7, 11) is 0. The molecule has 2 nitrogen and oxygen atoms in total. The predicted molar refractivity (Wildman–Crippen MR) is 73.0 cm³/mol. The molecule has 0 amide bonds. The maximum absolute atomic E-state index is 10.3. The van der Waals surface area contributed by atoms with Gasteiger partial charge < -0.3 is 4.74 Å². The molecule has 0 aliphatic rings. The summed E-state index contributed by atoms with van der Waals surface area (Å²) in [5, 5.41) is 0. The van der Waals surface area contributed by atoms with E-state index >= 15 is 0 Å². The first-order chi connectivity index (χ1) is 7.20. The molecule has 1 rings (SSSR count). The van der Waals surface area contributed by atoms with Crippen molar-refractivity contribution in [2.24, 2.45) is 0 Å². The molecule has 3 heteroatoms. The SMILES string of the molecule is C=CCOC(=O)CC.Cc1ccccc1.S. The third-order valence-corrected chi connectivity index (χ3v) is 1.59. The molecule has 0 radical (unpaired) electrons. The number of hydrogen-bond acceptors (Lipinski definition) is 2. The van der Waals surface area contributed by atoms with Gasteiger partial charge in [0.1, 0.15) is 6.61 Å². The van der Waals surface area contributed by atoms with Gasteiger partial charge in [-0.2, -0.15) is 13.5 Å². The van der Waals surface area contributed by atoms with E-state index < -0.39 is 0 Å². The van der Waals surface area contributed by atoms with Crippen LogP contribution in [0.2, 0.25) is 0 Å². The number of esters is 1. The van der Waals surface area contributed by atoms with Crippen molar-refractivity contribution in [3.8, 4) is 0 Å². The number of carbonyl (C=O) groups is 1. The van der Waals surface area contributed by atoms with Crippen LogP contribution in [0.15, 0.2) is 43.0 Å². The van der Waals surface area contributed by atoms with E-state index in [1.165, 1.54) is 5.56 Å². The Kier molecular flexibility index (Phi) is 12.7. The fourth-order valence-electron chi connectivity index (χ4n) is 0.788. The van der Waals surface area contributed by atoms with Gasteiger partial charge in [-0.25, -0.2) is 0 Å². The fraction of sp³-hybridized carbons (Fsp3) is 0.308. The molecule has 0 unspecified atom stereocenters. The van der Waals surface area contributed by atoms with Crippen molar-refractivity contribution < 1.29 is 9.53 Å². The number of carbonyl (C=O) groups excluding carboxylic acids is 1. The van der Waals surface area contributed by atoms with Crippen molar-refractivity contribution in [2.75, 3.05) is 6.61 Å². The van der Waals surface area contributed by atoms with Crippen molar-refractivity contribution in [1.29, 1.82) is 0 Å². The van der Waals surface area contributed by atoms with E-state index in [0.717, 1.165) is 0 Å². The van der Waals surface area contributed by atoms with Crippen LogP contribution in [0.1, 0.15) is 18.9 Å². The molecule has 0 aromatic heterocycles. The Balaban J connectivity index is 0. The lowest BCUT2D eigenvalue weighted by Crippen LogP contribution is -2.00. The third-order valence-electron chi connectivity index (χ3n) is 1.59. The molecule has 0 aliphatic carbocycles.